The van der Waals surface area contributed by atoms with Gasteiger partial charge in [0.05, 0.1) is 6.07 Å². The molecule has 17 heavy (non-hydrogen) atoms. The van der Waals surface area contributed by atoms with Crippen LogP contribution in [0.4, 0.5) is 0 Å². The summed E-state index contributed by atoms with van der Waals surface area (Å²) in [6, 6.07) is 8.78. The number of fused-ring (bicyclic) bond motifs is 3. The summed E-state index contributed by atoms with van der Waals surface area (Å²) in [4.78, 5) is 3.56. The van der Waals surface area contributed by atoms with Gasteiger partial charge in [0.15, 0.2) is 0 Å². The quantitative estimate of drug-likeness (QED) is 0.786. The molecule has 1 heterocycles. The molecule has 0 amide bonds. The third-order valence-electron chi connectivity index (χ3n) is 3.89. The van der Waals surface area contributed by atoms with Gasteiger partial charge in [0.2, 0.25) is 0 Å². The lowest BCUT2D eigenvalue weighted by atomic mass is 9.83. The molecule has 2 aromatic rings. The minimum Gasteiger partial charge on any atom is -0.358 e. The van der Waals surface area contributed by atoms with E-state index in [4.69, 9.17) is 5.26 Å². The van der Waals surface area contributed by atoms with E-state index >= 15 is 0 Å². The smallest absolute Gasteiger partial charge is 0.0628 e. The van der Waals surface area contributed by atoms with E-state index in [2.05, 4.69) is 36.2 Å². The number of H-pyrrole nitrogens is 1. The molecule has 1 aromatic heterocycles. The van der Waals surface area contributed by atoms with E-state index in [0.29, 0.717) is 12.3 Å². The van der Waals surface area contributed by atoms with Crippen LogP contribution >= 0.6 is 0 Å². The number of nitrogens with zero attached hydrogens (tertiary/aromatic N) is 1. The van der Waals surface area contributed by atoms with Crippen LogP contribution < -0.4 is 0 Å². The van der Waals surface area contributed by atoms with Crippen molar-refractivity contribution in [2.75, 3.05) is 0 Å². The SMILES string of the molecule is Cc1cccc2c3c([nH]c12)CCCC3CC#N. The molecule has 1 unspecified atom stereocenters. The van der Waals surface area contributed by atoms with Crippen molar-refractivity contribution in [3.05, 3.63) is 35.0 Å². The molecular formula is C15H16N2. The number of aromatic amines is 1. The largest absolute Gasteiger partial charge is 0.358 e. The van der Waals surface area contributed by atoms with Crippen molar-refractivity contribution in [2.24, 2.45) is 0 Å². The van der Waals surface area contributed by atoms with E-state index in [1.165, 1.54) is 34.1 Å². The fourth-order valence-electron chi connectivity index (χ4n) is 3.09. The third kappa shape index (κ3) is 1.54. The van der Waals surface area contributed by atoms with Crippen LogP contribution in [0.25, 0.3) is 10.9 Å². The summed E-state index contributed by atoms with van der Waals surface area (Å²) in [5.74, 6) is 0.430. The van der Waals surface area contributed by atoms with Gasteiger partial charge < -0.3 is 4.98 Å². The number of nitrogens with one attached hydrogen (secondary N) is 1. The number of aryl methyl sites for hydroxylation is 2. The normalized spacial score (nSPS) is 18.9. The number of aromatic nitrogens is 1. The predicted molar refractivity (Wildman–Crippen MR) is 68.9 cm³/mol. The van der Waals surface area contributed by atoms with Crippen LogP contribution in [0.1, 0.15) is 42.0 Å². The topological polar surface area (TPSA) is 39.6 Å². The summed E-state index contributed by atoms with van der Waals surface area (Å²) in [6.07, 6.45) is 4.13. The monoisotopic (exact) mass is 224 g/mol. The highest BCUT2D eigenvalue weighted by atomic mass is 14.7. The Kier molecular flexibility index (Phi) is 2.40. The Balaban J connectivity index is 2.25. The zero-order chi connectivity index (χ0) is 11.8. The van der Waals surface area contributed by atoms with Crippen LogP contribution in [-0.2, 0) is 6.42 Å². The lowest BCUT2D eigenvalue weighted by Gasteiger charge is -2.20. The Morgan fingerprint density at radius 1 is 1.47 bits per heavy atom. The molecule has 0 fully saturated rings. The number of benzene rings is 1. The van der Waals surface area contributed by atoms with Crippen LogP contribution in [0, 0.1) is 18.3 Å². The molecule has 2 nitrogen and oxygen atoms in total. The van der Waals surface area contributed by atoms with Crippen LogP contribution in [0.3, 0.4) is 0 Å². The van der Waals surface area contributed by atoms with E-state index in [0.717, 1.165) is 12.8 Å². The molecule has 1 atom stereocenters. The Hall–Kier alpha value is -1.75. The van der Waals surface area contributed by atoms with Gasteiger partial charge >= 0.3 is 0 Å². The standard InChI is InChI=1S/C15H16N2/c1-10-4-2-6-12-14-11(8-9-16)5-3-7-13(14)17-15(10)12/h2,4,6,11,17H,3,5,7-8H2,1H3. The van der Waals surface area contributed by atoms with Crippen molar-refractivity contribution in [3.63, 3.8) is 0 Å². The molecule has 0 aliphatic heterocycles. The predicted octanol–water partition coefficient (Wildman–Crippen LogP) is 3.81. The average molecular weight is 224 g/mol. The molecule has 86 valence electrons. The van der Waals surface area contributed by atoms with E-state index in [-0.39, 0.29) is 0 Å². The summed E-state index contributed by atoms with van der Waals surface area (Å²) >= 11 is 0. The first-order valence-corrected chi connectivity index (χ1v) is 6.28. The van der Waals surface area contributed by atoms with Crippen molar-refractivity contribution >= 4 is 10.9 Å². The highest BCUT2D eigenvalue weighted by Crippen LogP contribution is 2.39. The summed E-state index contributed by atoms with van der Waals surface area (Å²) in [7, 11) is 0. The molecule has 1 aliphatic carbocycles. The number of hydrogen-bond acceptors (Lipinski definition) is 1. The van der Waals surface area contributed by atoms with E-state index in [9.17, 15) is 0 Å². The molecule has 1 N–H and O–H groups in total. The summed E-state index contributed by atoms with van der Waals surface area (Å²) in [6.45, 7) is 2.14. The van der Waals surface area contributed by atoms with Crippen molar-refractivity contribution in [1.29, 1.82) is 5.26 Å². The number of para-hydroxylation sites is 1. The van der Waals surface area contributed by atoms with Gasteiger partial charge in [-0.15, -0.1) is 0 Å². The zero-order valence-corrected chi connectivity index (χ0v) is 10.1. The molecule has 2 heteroatoms. The Morgan fingerprint density at radius 3 is 3.18 bits per heavy atom. The minimum atomic E-state index is 0.430. The number of nitriles is 1. The molecule has 0 bridgehead atoms. The summed E-state index contributed by atoms with van der Waals surface area (Å²) < 4.78 is 0. The van der Waals surface area contributed by atoms with Gasteiger partial charge in [0.1, 0.15) is 0 Å². The second-order valence-electron chi connectivity index (χ2n) is 4.97. The van der Waals surface area contributed by atoms with Crippen molar-refractivity contribution < 1.29 is 0 Å². The molecule has 1 aromatic carbocycles. The Bertz CT molecular complexity index is 601. The van der Waals surface area contributed by atoms with E-state index < -0.39 is 0 Å². The van der Waals surface area contributed by atoms with Gasteiger partial charge in [0, 0.05) is 23.0 Å². The van der Waals surface area contributed by atoms with Crippen molar-refractivity contribution in [3.8, 4) is 6.07 Å². The van der Waals surface area contributed by atoms with Crippen molar-refractivity contribution in [1.82, 2.24) is 4.98 Å². The molecule has 0 saturated heterocycles. The van der Waals surface area contributed by atoms with E-state index in [1.54, 1.807) is 0 Å². The van der Waals surface area contributed by atoms with Gasteiger partial charge in [0.25, 0.3) is 0 Å². The fraction of sp³-hybridized carbons (Fsp3) is 0.400. The summed E-state index contributed by atoms with van der Waals surface area (Å²) in [5, 5.41) is 10.3. The number of rotatable bonds is 1. The van der Waals surface area contributed by atoms with Gasteiger partial charge in [-0.1, -0.05) is 18.2 Å². The number of hydrogen-bond donors (Lipinski definition) is 1. The van der Waals surface area contributed by atoms with Crippen LogP contribution in [0.2, 0.25) is 0 Å². The van der Waals surface area contributed by atoms with Crippen molar-refractivity contribution in [2.45, 2.75) is 38.5 Å². The average Bonchev–Trinajstić information content (AvgIpc) is 2.71. The molecule has 0 radical (unpaired) electrons. The van der Waals surface area contributed by atoms with Gasteiger partial charge in [-0.2, -0.15) is 5.26 Å². The zero-order valence-electron chi connectivity index (χ0n) is 10.1. The molecule has 0 saturated carbocycles. The first kappa shape index (κ1) is 10.4. The van der Waals surface area contributed by atoms with Gasteiger partial charge in [-0.05, 0) is 43.2 Å². The van der Waals surface area contributed by atoms with Crippen LogP contribution in [-0.4, -0.2) is 4.98 Å². The fourth-order valence-corrected chi connectivity index (χ4v) is 3.09. The first-order valence-electron chi connectivity index (χ1n) is 6.28. The maximum Gasteiger partial charge on any atom is 0.0628 e. The molecule has 1 aliphatic rings. The first-order chi connectivity index (χ1) is 8.31. The van der Waals surface area contributed by atoms with Gasteiger partial charge in [-0.3, -0.25) is 0 Å². The highest BCUT2D eigenvalue weighted by molar-refractivity contribution is 5.88. The second kappa shape index (κ2) is 3.92. The lowest BCUT2D eigenvalue weighted by molar-refractivity contribution is 0.561. The maximum atomic E-state index is 8.95. The van der Waals surface area contributed by atoms with Crippen LogP contribution in [0.5, 0.6) is 0 Å². The summed E-state index contributed by atoms with van der Waals surface area (Å²) in [5.41, 5.74) is 5.34. The molecule has 0 spiro atoms. The van der Waals surface area contributed by atoms with Gasteiger partial charge in [-0.25, -0.2) is 0 Å². The minimum absolute atomic E-state index is 0.430. The Labute approximate surface area is 101 Å². The highest BCUT2D eigenvalue weighted by Gasteiger charge is 2.24. The molecule has 3 rings (SSSR count). The molecular weight excluding hydrogens is 208 g/mol. The van der Waals surface area contributed by atoms with E-state index in [1.807, 2.05) is 0 Å². The third-order valence-corrected chi connectivity index (χ3v) is 3.89. The second-order valence-corrected chi connectivity index (χ2v) is 4.97. The lowest BCUT2D eigenvalue weighted by Crippen LogP contribution is -2.08. The maximum absolute atomic E-state index is 8.95. The Morgan fingerprint density at radius 2 is 2.35 bits per heavy atom. The van der Waals surface area contributed by atoms with Crippen LogP contribution in [0.15, 0.2) is 18.2 Å².